The summed E-state index contributed by atoms with van der Waals surface area (Å²) in [6.07, 6.45) is 103. The molecule has 0 aliphatic carbocycles. The molecule has 0 aliphatic rings. The number of hydrogen-bond donors (Lipinski definition) is 0. The molecule has 6 nitrogen and oxygen atoms in total. The van der Waals surface area contributed by atoms with Crippen LogP contribution in [-0.4, -0.2) is 37.2 Å². The number of hydrogen-bond acceptors (Lipinski definition) is 6. The molecule has 0 aliphatic heterocycles. The van der Waals surface area contributed by atoms with E-state index in [1.165, 1.54) is 12.8 Å². The van der Waals surface area contributed by atoms with E-state index in [9.17, 15) is 14.4 Å². The molecule has 0 spiro atoms. The Bertz CT molecular complexity index is 2000. The van der Waals surface area contributed by atoms with E-state index in [1.807, 2.05) is 0 Å². The summed E-state index contributed by atoms with van der Waals surface area (Å²) in [5.74, 6) is -1.06. The lowest BCUT2D eigenvalue weighted by Gasteiger charge is -2.18. The van der Waals surface area contributed by atoms with Crippen LogP contribution < -0.4 is 0 Å². The van der Waals surface area contributed by atoms with Crippen LogP contribution in [0, 0.1) is 0 Å². The van der Waals surface area contributed by atoms with Crippen LogP contribution >= 0.6 is 0 Å². The Morgan fingerprint density at radius 3 is 0.765 bits per heavy atom. The molecule has 0 aromatic rings. The maximum absolute atomic E-state index is 12.9. The van der Waals surface area contributed by atoms with Crippen molar-refractivity contribution in [3.8, 4) is 0 Å². The molecule has 0 N–H and O–H groups in total. The first-order valence-corrected chi connectivity index (χ1v) is 31.6. The van der Waals surface area contributed by atoms with Crippen LogP contribution in [0.4, 0.5) is 0 Å². The number of rotatable bonds is 54. The van der Waals surface area contributed by atoms with Crippen molar-refractivity contribution < 1.29 is 28.6 Å². The molecule has 1 atom stereocenters. The van der Waals surface area contributed by atoms with Gasteiger partial charge >= 0.3 is 17.9 Å². The number of ether oxygens (including phenoxy) is 3. The van der Waals surface area contributed by atoms with Crippen molar-refractivity contribution in [2.45, 2.75) is 232 Å². The lowest BCUT2D eigenvalue weighted by Crippen LogP contribution is -2.30. The van der Waals surface area contributed by atoms with Crippen molar-refractivity contribution in [2.75, 3.05) is 13.2 Å². The average molecular weight is 1110 g/mol. The van der Waals surface area contributed by atoms with Gasteiger partial charge in [0.1, 0.15) is 13.2 Å². The van der Waals surface area contributed by atoms with Crippen LogP contribution in [0.25, 0.3) is 0 Å². The highest BCUT2D eigenvalue weighted by atomic mass is 16.6. The number of allylic oxidation sites excluding steroid dienone is 34. The van der Waals surface area contributed by atoms with Crippen LogP contribution in [0.5, 0.6) is 0 Å². The van der Waals surface area contributed by atoms with E-state index in [1.54, 1.807) is 0 Å². The van der Waals surface area contributed by atoms with E-state index in [2.05, 4.69) is 227 Å². The zero-order valence-electron chi connectivity index (χ0n) is 51.2. The molecule has 0 rings (SSSR count). The lowest BCUT2D eigenvalue weighted by molar-refractivity contribution is -0.167. The van der Waals surface area contributed by atoms with Crippen LogP contribution in [0.15, 0.2) is 207 Å². The topological polar surface area (TPSA) is 78.9 Å². The molecule has 448 valence electrons. The second-order valence-electron chi connectivity index (χ2n) is 19.8. The molecule has 0 saturated heterocycles. The maximum Gasteiger partial charge on any atom is 0.306 e. The third-order valence-corrected chi connectivity index (χ3v) is 12.3. The second kappa shape index (κ2) is 66.5. The van der Waals surface area contributed by atoms with Crippen molar-refractivity contribution >= 4 is 17.9 Å². The van der Waals surface area contributed by atoms with Crippen LogP contribution in [0.3, 0.4) is 0 Å². The zero-order chi connectivity index (χ0) is 58.5. The molecular formula is C75H112O6. The fourth-order valence-corrected chi connectivity index (χ4v) is 7.66. The minimum Gasteiger partial charge on any atom is -0.462 e. The molecule has 0 fully saturated rings. The van der Waals surface area contributed by atoms with Gasteiger partial charge in [-0.3, -0.25) is 14.4 Å². The fraction of sp³-hybridized carbons (Fsp3) is 0.507. The van der Waals surface area contributed by atoms with Crippen LogP contribution in [-0.2, 0) is 28.6 Å². The third kappa shape index (κ3) is 64.7. The quantitative estimate of drug-likeness (QED) is 0.0261. The first kappa shape index (κ1) is 75.0. The van der Waals surface area contributed by atoms with Gasteiger partial charge < -0.3 is 14.2 Å². The molecule has 0 bridgehead atoms. The van der Waals surface area contributed by atoms with Crippen LogP contribution in [0.1, 0.15) is 226 Å². The van der Waals surface area contributed by atoms with Gasteiger partial charge in [0, 0.05) is 19.3 Å². The molecule has 1 unspecified atom stereocenters. The summed E-state index contributed by atoms with van der Waals surface area (Å²) in [5, 5.41) is 0. The summed E-state index contributed by atoms with van der Waals surface area (Å²) in [4.78, 5) is 38.3. The standard InChI is InChI=1S/C75H112O6/c1-4-7-10-13-16-19-22-25-28-30-32-33-34-35-36-37-38-39-40-41-43-44-47-50-53-56-59-62-65-68-74(77)80-71-72(70-79-73(76)67-64-61-58-55-52-49-46-27-24-21-18-15-12-9-6-3)81-75(78)69-66-63-60-57-54-51-48-45-42-31-29-26-23-20-17-14-11-8-5-2/h7-12,16-21,25-29,32-33,35-36,38-39,41-43,45-47,50,52,55-56,59,72H,4-6,13-15,22-24,30-31,34,37,40,44,48-49,51,53-54,57-58,60-71H2,1-3H3/b10-7-,11-8-,12-9-,19-16-,20-17-,21-18-,28-25-,29-26-,33-32-,36-35-,39-38-,43-41-,45-42-,46-27-,50-47-,55-52-,59-56-. The predicted molar refractivity (Wildman–Crippen MR) is 352 cm³/mol. The number of carbonyl (C=O) groups is 3. The fourth-order valence-electron chi connectivity index (χ4n) is 7.66. The Labute approximate surface area is 496 Å². The molecule has 0 aromatic heterocycles. The van der Waals surface area contributed by atoms with E-state index in [0.717, 1.165) is 161 Å². The summed E-state index contributed by atoms with van der Waals surface area (Å²) in [5.41, 5.74) is 0. The van der Waals surface area contributed by atoms with Crippen LogP contribution in [0.2, 0.25) is 0 Å². The summed E-state index contributed by atoms with van der Waals surface area (Å²) in [7, 11) is 0. The van der Waals surface area contributed by atoms with E-state index in [4.69, 9.17) is 14.2 Å². The minimum absolute atomic E-state index is 0.135. The molecule has 0 radical (unpaired) electrons. The summed E-state index contributed by atoms with van der Waals surface area (Å²) >= 11 is 0. The van der Waals surface area contributed by atoms with E-state index < -0.39 is 6.10 Å². The van der Waals surface area contributed by atoms with Gasteiger partial charge in [-0.1, -0.05) is 253 Å². The molecule has 0 amide bonds. The van der Waals surface area contributed by atoms with Gasteiger partial charge in [0.15, 0.2) is 6.10 Å². The monoisotopic (exact) mass is 1110 g/mol. The number of unbranched alkanes of at least 4 members (excludes halogenated alkanes) is 9. The highest BCUT2D eigenvalue weighted by Crippen LogP contribution is 2.12. The second-order valence-corrected chi connectivity index (χ2v) is 19.8. The van der Waals surface area contributed by atoms with Crippen molar-refractivity contribution in [3.05, 3.63) is 207 Å². The van der Waals surface area contributed by atoms with E-state index in [-0.39, 0.29) is 50.4 Å². The van der Waals surface area contributed by atoms with Gasteiger partial charge in [0.05, 0.1) is 0 Å². The first-order chi connectivity index (χ1) is 40.0. The summed E-state index contributed by atoms with van der Waals surface area (Å²) < 4.78 is 16.8. The van der Waals surface area contributed by atoms with E-state index in [0.29, 0.717) is 12.8 Å². The van der Waals surface area contributed by atoms with Crippen molar-refractivity contribution in [1.29, 1.82) is 0 Å². The minimum atomic E-state index is -0.841. The SMILES string of the molecule is CC/C=C\C/C=C\C/C=C\C/C=C\C/C=C\C/C=C\C/C=C\C/C=C\C/C=C\CCCC(=O)OCC(COC(=O)CCCC/C=C\C/C=C\C/C=C\C/C=C\CC)OC(=O)CCCCCCCC/C=C\C/C=C\C/C=C\C/C=C\CC. The third-order valence-electron chi connectivity index (χ3n) is 12.3. The Kier molecular flexibility index (Phi) is 61.6. The Hall–Kier alpha value is -6.01. The van der Waals surface area contributed by atoms with Gasteiger partial charge in [0.2, 0.25) is 0 Å². The molecule has 0 saturated carbocycles. The Balaban J connectivity index is 4.57. The van der Waals surface area contributed by atoms with Gasteiger partial charge in [-0.05, 0) is 161 Å². The molecule has 81 heavy (non-hydrogen) atoms. The Morgan fingerprint density at radius 1 is 0.247 bits per heavy atom. The summed E-state index contributed by atoms with van der Waals surface area (Å²) in [6.45, 7) is 6.18. The van der Waals surface area contributed by atoms with Crippen molar-refractivity contribution in [1.82, 2.24) is 0 Å². The molecule has 0 heterocycles. The Morgan fingerprint density at radius 2 is 0.457 bits per heavy atom. The highest BCUT2D eigenvalue weighted by Gasteiger charge is 2.19. The normalized spacial score (nSPS) is 13.6. The number of carbonyl (C=O) groups excluding carboxylic acids is 3. The first-order valence-electron chi connectivity index (χ1n) is 31.6. The van der Waals surface area contributed by atoms with Gasteiger partial charge in [-0.2, -0.15) is 0 Å². The average Bonchev–Trinajstić information content (AvgIpc) is 3.47. The van der Waals surface area contributed by atoms with Gasteiger partial charge in [0.25, 0.3) is 0 Å². The van der Waals surface area contributed by atoms with E-state index >= 15 is 0 Å². The number of esters is 3. The predicted octanol–water partition coefficient (Wildman–Crippen LogP) is 22.0. The highest BCUT2D eigenvalue weighted by molar-refractivity contribution is 5.71. The largest absolute Gasteiger partial charge is 0.462 e. The maximum atomic E-state index is 12.9. The molecule has 6 heteroatoms. The molecule has 0 aromatic carbocycles. The van der Waals surface area contributed by atoms with Gasteiger partial charge in [-0.25, -0.2) is 0 Å². The lowest BCUT2D eigenvalue weighted by atomic mass is 10.1. The molecular weight excluding hydrogens is 997 g/mol. The van der Waals surface area contributed by atoms with Gasteiger partial charge in [-0.15, -0.1) is 0 Å². The smallest absolute Gasteiger partial charge is 0.306 e. The zero-order valence-corrected chi connectivity index (χ0v) is 51.2. The summed E-state index contributed by atoms with van der Waals surface area (Å²) in [6, 6.07) is 0. The van der Waals surface area contributed by atoms with Crippen molar-refractivity contribution in [2.24, 2.45) is 0 Å². The van der Waals surface area contributed by atoms with Crippen molar-refractivity contribution in [3.63, 3.8) is 0 Å².